The second kappa shape index (κ2) is 15.1. The van der Waals surface area contributed by atoms with E-state index in [0.717, 1.165) is 11.1 Å². The van der Waals surface area contributed by atoms with Crippen molar-refractivity contribution in [1.82, 2.24) is 5.32 Å². The first-order valence-corrected chi connectivity index (χ1v) is 15.0. The zero-order chi connectivity index (χ0) is 30.8. The quantitative estimate of drug-likeness (QED) is 0.184. The topological polar surface area (TPSA) is 102 Å². The molecule has 9 heteroatoms. The van der Waals surface area contributed by atoms with Crippen molar-refractivity contribution in [3.8, 4) is 0 Å². The van der Waals surface area contributed by atoms with Crippen molar-refractivity contribution >= 4 is 11.9 Å². The molecule has 0 saturated carbocycles. The third-order valence-electron chi connectivity index (χ3n) is 7.59. The van der Waals surface area contributed by atoms with Crippen LogP contribution in [0.2, 0.25) is 0 Å². The molecule has 4 aromatic rings. The summed E-state index contributed by atoms with van der Waals surface area (Å²) in [4.78, 5) is 26.8. The van der Waals surface area contributed by atoms with Crippen LogP contribution >= 0.6 is 0 Å². The lowest BCUT2D eigenvalue weighted by atomic mass is 9.97. The van der Waals surface area contributed by atoms with E-state index >= 15 is 0 Å². The number of hydrogen-bond acceptors (Lipinski definition) is 9. The Bertz CT molecular complexity index is 1510. The second-order valence-electron chi connectivity index (χ2n) is 10.7. The molecule has 0 aliphatic carbocycles. The minimum atomic E-state index is -1.14. The molecule has 1 N–H and O–H groups in total. The summed E-state index contributed by atoms with van der Waals surface area (Å²) in [5, 5.41) is 3.34. The molecule has 2 saturated heterocycles. The molecule has 2 aliphatic rings. The van der Waals surface area contributed by atoms with Crippen molar-refractivity contribution in [3.05, 3.63) is 144 Å². The second-order valence-corrected chi connectivity index (χ2v) is 10.7. The summed E-state index contributed by atoms with van der Waals surface area (Å²) < 4.78 is 37.1. The highest BCUT2D eigenvalue weighted by molar-refractivity contribution is 5.90. The van der Waals surface area contributed by atoms with Gasteiger partial charge in [0.1, 0.15) is 12.2 Å². The summed E-state index contributed by atoms with van der Waals surface area (Å²) in [7, 11) is 0. The largest absolute Gasteiger partial charge is 0.452 e. The maximum absolute atomic E-state index is 13.4. The lowest BCUT2D eigenvalue weighted by Crippen LogP contribution is -2.64. The van der Waals surface area contributed by atoms with Crippen molar-refractivity contribution < 1.29 is 38.0 Å². The summed E-state index contributed by atoms with van der Waals surface area (Å²) in [5.41, 5.74) is 2.63. The van der Waals surface area contributed by atoms with Crippen molar-refractivity contribution in [2.75, 3.05) is 19.8 Å². The zero-order valence-electron chi connectivity index (χ0n) is 24.6. The van der Waals surface area contributed by atoms with E-state index in [4.69, 9.17) is 28.4 Å². The molecule has 0 aromatic heterocycles. The summed E-state index contributed by atoms with van der Waals surface area (Å²) in [5.74, 6) is -1.19. The Morgan fingerprint density at radius 3 is 1.87 bits per heavy atom. The van der Waals surface area contributed by atoms with Crippen molar-refractivity contribution in [3.63, 3.8) is 0 Å². The van der Waals surface area contributed by atoms with Gasteiger partial charge < -0.3 is 33.7 Å². The molecule has 45 heavy (non-hydrogen) atoms. The number of benzene rings is 4. The monoisotopic (exact) mass is 609 g/mol. The van der Waals surface area contributed by atoms with Crippen LogP contribution in [0.4, 0.5) is 0 Å². The van der Waals surface area contributed by atoms with Crippen LogP contribution in [0.15, 0.2) is 121 Å². The van der Waals surface area contributed by atoms with Crippen molar-refractivity contribution in [1.29, 1.82) is 0 Å². The van der Waals surface area contributed by atoms with Crippen LogP contribution in [-0.4, -0.2) is 62.4 Å². The number of rotatable bonds is 11. The standard InChI is InChI=1S/C36H35NO8/c38-33(26-15-7-2-8-16-26)43-31-30-29(24-41-35(45-30)28-19-11-4-12-20-28)42-36(32(31)44-34(39)27-17-9-3-10-18-27)40-22-21-37-23-25-13-5-1-6-14-25/h1-20,29-32,35-37H,21-24H2. The van der Waals surface area contributed by atoms with Gasteiger partial charge in [0.05, 0.1) is 24.3 Å². The molecule has 9 nitrogen and oxygen atoms in total. The van der Waals surface area contributed by atoms with Crippen LogP contribution in [0.5, 0.6) is 0 Å². The number of fused-ring (bicyclic) bond motifs is 1. The van der Waals surface area contributed by atoms with Gasteiger partial charge in [-0.1, -0.05) is 97.1 Å². The number of carbonyl (C=O) groups is 2. The van der Waals surface area contributed by atoms with Gasteiger partial charge in [-0.2, -0.15) is 0 Å². The number of carbonyl (C=O) groups excluding carboxylic acids is 2. The van der Waals surface area contributed by atoms with Crippen LogP contribution in [-0.2, 0) is 35.0 Å². The molecule has 4 aromatic carbocycles. The minimum absolute atomic E-state index is 0.148. The van der Waals surface area contributed by atoms with Crippen molar-refractivity contribution in [2.45, 2.75) is 43.5 Å². The Hall–Kier alpha value is -4.38. The maximum atomic E-state index is 13.4. The predicted octanol–water partition coefficient (Wildman–Crippen LogP) is 5.08. The summed E-state index contributed by atoms with van der Waals surface area (Å²) in [6, 6.07) is 36.7. The Morgan fingerprint density at radius 1 is 0.689 bits per heavy atom. The average molecular weight is 610 g/mol. The fourth-order valence-corrected chi connectivity index (χ4v) is 5.33. The summed E-state index contributed by atoms with van der Waals surface area (Å²) in [6.45, 7) is 1.55. The van der Waals surface area contributed by atoms with E-state index in [1.54, 1.807) is 48.5 Å². The van der Waals surface area contributed by atoms with Gasteiger partial charge in [-0.05, 0) is 29.8 Å². The van der Waals surface area contributed by atoms with E-state index in [1.807, 2.05) is 72.8 Å². The van der Waals surface area contributed by atoms with Gasteiger partial charge in [0.15, 0.2) is 24.8 Å². The predicted molar refractivity (Wildman–Crippen MR) is 164 cm³/mol. The number of nitrogens with one attached hydrogen (secondary N) is 1. The lowest BCUT2D eigenvalue weighted by molar-refractivity contribution is -0.359. The minimum Gasteiger partial charge on any atom is -0.452 e. The first kappa shape index (κ1) is 30.6. The van der Waals surface area contributed by atoms with E-state index in [1.165, 1.54) is 0 Å². The third-order valence-corrected chi connectivity index (χ3v) is 7.59. The van der Waals surface area contributed by atoms with E-state index < -0.39 is 48.9 Å². The Morgan fingerprint density at radius 2 is 1.24 bits per heavy atom. The molecule has 2 heterocycles. The van der Waals surface area contributed by atoms with Gasteiger partial charge in [0, 0.05) is 18.7 Å². The highest BCUT2D eigenvalue weighted by atomic mass is 16.8. The first-order chi connectivity index (χ1) is 22.2. The highest BCUT2D eigenvalue weighted by Gasteiger charge is 2.54. The van der Waals surface area contributed by atoms with Gasteiger partial charge in [-0.3, -0.25) is 0 Å². The highest BCUT2D eigenvalue weighted by Crippen LogP contribution is 2.37. The molecule has 232 valence electrons. The molecule has 6 rings (SSSR count). The zero-order valence-corrected chi connectivity index (χ0v) is 24.6. The summed E-state index contributed by atoms with van der Waals surface area (Å²) >= 11 is 0. The maximum Gasteiger partial charge on any atom is 0.338 e. The Kier molecular flexibility index (Phi) is 10.3. The van der Waals surface area contributed by atoms with E-state index in [-0.39, 0.29) is 13.2 Å². The third kappa shape index (κ3) is 7.83. The molecular formula is C36H35NO8. The molecule has 6 unspecified atom stereocenters. The SMILES string of the molecule is O=C(OC1C(OCCNCc2ccccc2)OC2COC(c3ccccc3)OC2C1OC(=O)c1ccccc1)c1ccccc1. The summed E-state index contributed by atoms with van der Waals surface area (Å²) in [6.07, 6.45) is -5.49. The molecule has 0 radical (unpaired) electrons. The molecule has 0 spiro atoms. The number of esters is 2. The smallest absolute Gasteiger partial charge is 0.338 e. The first-order valence-electron chi connectivity index (χ1n) is 15.0. The lowest BCUT2D eigenvalue weighted by Gasteiger charge is -2.48. The van der Waals surface area contributed by atoms with Crippen LogP contribution in [0.25, 0.3) is 0 Å². The fraction of sp³-hybridized carbons (Fsp3) is 0.278. The van der Waals surface area contributed by atoms with Gasteiger partial charge in [-0.25, -0.2) is 9.59 Å². The van der Waals surface area contributed by atoms with Gasteiger partial charge in [-0.15, -0.1) is 0 Å². The van der Waals surface area contributed by atoms with Gasteiger partial charge in [0.2, 0.25) is 0 Å². The van der Waals surface area contributed by atoms with Crippen molar-refractivity contribution in [2.24, 2.45) is 0 Å². The Labute approximate surface area is 262 Å². The molecular weight excluding hydrogens is 574 g/mol. The Balaban J connectivity index is 1.25. The van der Waals surface area contributed by atoms with Crippen LogP contribution in [0, 0.1) is 0 Å². The van der Waals surface area contributed by atoms with E-state index in [2.05, 4.69) is 5.32 Å². The molecule has 2 aliphatic heterocycles. The number of hydrogen-bond donors (Lipinski definition) is 1. The van der Waals surface area contributed by atoms with E-state index in [0.29, 0.717) is 24.2 Å². The van der Waals surface area contributed by atoms with Crippen LogP contribution in [0.1, 0.15) is 38.1 Å². The van der Waals surface area contributed by atoms with Crippen LogP contribution < -0.4 is 5.32 Å². The van der Waals surface area contributed by atoms with Gasteiger partial charge >= 0.3 is 11.9 Å². The molecule has 0 bridgehead atoms. The molecule has 0 amide bonds. The van der Waals surface area contributed by atoms with Crippen LogP contribution in [0.3, 0.4) is 0 Å². The number of ether oxygens (including phenoxy) is 6. The average Bonchev–Trinajstić information content (AvgIpc) is 3.10. The fourth-order valence-electron chi connectivity index (χ4n) is 5.33. The normalized spacial score (nSPS) is 24.3. The molecule has 2 fully saturated rings. The van der Waals surface area contributed by atoms with E-state index in [9.17, 15) is 9.59 Å². The molecule has 6 atom stereocenters. The van der Waals surface area contributed by atoms with Gasteiger partial charge in [0.25, 0.3) is 0 Å².